The van der Waals surface area contributed by atoms with Crippen LogP contribution in [-0.2, 0) is 6.54 Å². The first-order chi connectivity index (χ1) is 14.1. The highest BCUT2D eigenvalue weighted by Crippen LogP contribution is 2.36. The largest absolute Gasteiger partial charge is 0.431 e. The molecule has 4 rings (SSSR count). The molecule has 0 aliphatic heterocycles. The Morgan fingerprint density at radius 3 is 2.62 bits per heavy atom. The number of ether oxygens (including phenoxy) is 1. The molecule has 1 N–H and O–H groups in total. The minimum absolute atomic E-state index is 0.0585. The Kier molecular flexibility index (Phi) is 5.17. The summed E-state index contributed by atoms with van der Waals surface area (Å²) in [4.78, 5) is 23.4. The highest BCUT2D eigenvalue weighted by molar-refractivity contribution is 6.30. The summed E-state index contributed by atoms with van der Waals surface area (Å²) in [6.45, 7) is 0.324. The molecule has 0 aliphatic carbocycles. The summed E-state index contributed by atoms with van der Waals surface area (Å²) in [7, 11) is 0. The van der Waals surface area contributed by atoms with E-state index in [1.165, 1.54) is 6.33 Å². The summed E-state index contributed by atoms with van der Waals surface area (Å²) in [5.41, 5.74) is 1.12. The molecule has 2 aromatic heterocycles. The Hall–Kier alpha value is -3.78. The lowest BCUT2D eigenvalue weighted by Gasteiger charge is -2.10. The standard InChI is InChI=1S/C20H14ClN5O3/c21-15-8-6-13(7-9-15)11-23-19-18(26(27)28)20(25-12-24-19)29-16-5-1-3-14-4-2-10-22-17(14)16/h1-10,12H,11H2,(H,23,24,25). The van der Waals surface area contributed by atoms with Crippen molar-refractivity contribution in [2.45, 2.75) is 6.54 Å². The fourth-order valence-electron chi connectivity index (χ4n) is 2.78. The van der Waals surface area contributed by atoms with Gasteiger partial charge in [0.2, 0.25) is 5.82 Å². The van der Waals surface area contributed by atoms with Gasteiger partial charge in [-0.05, 0) is 29.8 Å². The van der Waals surface area contributed by atoms with Crippen LogP contribution < -0.4 is 10.1 Å². The number of anilines is 1. The molecule has 29 heavy (non-hydrogen) atoms. The van der Waals surface area contributed by atoms with E-state index < -0.39 is 4.92 Å². The van der Waals surface area contributed by atoms with Crippen LogP contribution in [0.15, 0.2) is 67.1 Å². The average molecular weight is 408 g/mol. The lowest BCUT2D eigenvalue weighted by atomic mass is 10.2. The zero-order chi connectivity index (χ0) is 20.2. The SMILES string of the molecule is O=[N+]([O-])c1c(NCc2ccc(Cl)cc2)ncnc1Oc1cccc2cccnc12. The Morgan fingerprint density at radius 2 is 1.83 bits per heavy atom. The van der Waals surface area contributed by atoms with Gasteiger partial charge in [0.1, 0.15) is 11.8 Å². The third-order valence-electron chi connectivity index (χ3n) is 4.15. The molecule has 0 aliphatic rings. The molecule has 0 spiro atoms. The van der Waals surface area contributed by atoms with Crippen LogP contribution in [0, 0.1) is 10.1 Å². The normalized spacial score (nSPS) is 10.7. The summed E-state index contributed by atoms with van der Waals surface area (Å²) in [6.07, 6.45) is 2.84. The van der Waals surface area contributed by atoms with E-state index in [-0.39, 0.29) is 17.4 Å². The van der Waals surface area contributed by atoms with Crippen LogP contribution in [0.3, 0.4) is 0 Å². The molecular weight excluding hydrogens is 394 g/mol. The molecule has 0 fully saturated rings. The second-order valence-electron chi connectivity index (χ2n) is 6.05. The van der Waals surface area contributed by atoms with Crippen molar-refractivity contribution in [2.24, 2.45) is 0 Å². The van der Waals surface area contributed by atoms with Crippen molar-refractivity contribution in [3.8, 4) is 11.6 Å². The van der Waals surface area contributed by atoms with Crippen LogP contribution >= 0.6 is 11.6 Å². The van der Waals surface area contributed by atoms with Gasteiger partial charge < -0.3 is 10.1 Å². The van der Waals surface area contributed by atoms with Crippen molar-refractivity contribution >= 4 is 34.0 Å². The van der Waals surface area contributed by atoms with E-state index in [0.29, 0.717) is 22.8 Å². The smallest absolute Gasteiger partial charge is 0.373 e. The molecule has 0 unspecified atom stereocenters. The van der Waals surface area contributed by atoms with Crippen molar-refractivity contribution in [1.29, 1.82) is 0 Å². The Bertz CT molecular complexity index is 1180. The van der Waals surface area contributed by atoms with Crippen LogP contribution in [0.2, 0.25) is 5.02 Å². The van der Waals surface area contributed by atoms with Crippen LogP contribution in [0.4, 0.5) is 11.5 Å². The maximum Gasteiger partial charge on any atom is 0.373 e. The average Bonchev–Trinajstić information content (AvgIpc) is 2.73. The number of hydrogen-bond donors (Lipinski definition) is 1. The lowest BCUT2D eigenvalue weighted by molar-refractivity contribution is -0.385. The predicted molar refractivity (Wildman–Crippen MR) is 109 cm³/mol. The van der Waals surface area contributed by atoms with Crippen LogP contribution in [0.5, 0.6) is 11.6 Å². The zero-order valence-electron chi connectivity index (χ0n) is 14.9. The molecule has 9 heteroatoms. The number of halogens is 1. The van der Waals surface area contributed by atoms with Crippen molar-refractivity contribution in [3.63, 3.8) is 0 Å². The number of aromatic nitrogens is 3. The number of pyridine rings is 1. The number of nitrogens with zero attached hydrogens (tertiary/aromatic N) is 4. The maximum atomic E-state index is 11.7. The first-order valence-corrected chi connectivity index (χ1v) is 8.99. The summed E-state index contributed by atoms with van der Waals surface area (Å²) in [5.74, 6) is 0.262. The van der Waals surface area contributed by atoms with Gasteiger partial charge in [0.25, 0.3) is 0 Å². The van der Waals surface area contributed by atoms with Gasteiger partial charge in [0, 0.05) is 23.2 Å². The molecule has 0 atom stereocenters. The van der Waals surface area contributed by atoms with Gasteiger partial charge in [-0.3, -0.25) is 15.1 Å². The first-order valence-electron chi connectivity index (χ1n) is 8.61. The van der Waals surface area contributed by atoms with Crippen molar-refractivity contribution in [3.05, 3.63) is 87.8 Å². The monoisotopic (exact) mass is 407 g/mol. The highest BCUT2D eigenvalue weighted by atomic mass is 35.5. The van der Waals surface area contributed by atoms with Gasteiger partial charge in [-0.15, -0.1) is 0 Å². The van der Waals surface area contributed by atoms with Crippen LogP contribution in [-0.4, -0.2) is 19.9 Å². The molecule has 0 radical (unpaired) electrons. The number of benzene rings is 2. The third kappa shape index (κ3) is 4.07. The van der Waals surface area contributed by atoms with E-state index in [9.17, 15) is 10.1 Å². The summed E-state index contributed by atoms with van der Waals surface area (Å²) in [6, 6.07) is 16.2. The maximum absolute atomic E-state index is 11.7. The molecule has 2 heterocycles. The first kappa shape index (κ1) is 18.6. The van der Waals surface area contributed by atoms with E-state index in [2.05, 4.69) is 20.3 Å². The Balaban J connectivity index is 1.66. The fourth-order valence-corrected chi connectivity index (χ4v) is 2.91. The van der Waals surface area contributed by atoms with Gasteiger partial charge in [-0.1, -0.05) is 41.9 Å². The molecule has 8 nitrogen and oxygen atoms in total. The third-order valence-corrected chi connectivity index (χ3v) is 4.40. The van der Waals surface area contributed by atoms with E-state index in [4.69, 9.17) is 16.3 Å². The molecule has 0 saturated heterocycles. The fraction of sp³-hybridized carbons (Fsp3) is 0.0500. The van der Waals surface area contributed by atoms with E-state index >= 15 is 0 Å². The van der Waals surface area contributed by atoms with Gasteiger partial charge in [-0.2, -0.15) is 4.98 Å². The number of fused-ring (bicyclic) bond motifs is 1. The van der Waals surface area contributed by atoms with Gasteiger partial charge >= 0.3 is 11.6 Å². The molecular formula is C20H14ClN5O3. The molecule has 2 aromatic carbocycles. The van der Waals surface area contributed by atoms with Crippen molar-refractivity contribution in [2.75, 3.05) is 5.32 Å². The summed E-state index contributed by atoms with van der Waals surface area (Å²) < 4.78 is 5.78. The molecule has 144 valence electrons. The number of nitrogens with one attached hydrogen (secondary N) is 1. The molecule has 4 aromatic rings. The van der Waals surface area contributed by atoms with Gasteiger partial charge in [0.15, 0.2) is 5.75 Å². The Morgan fingerprint density at radius 1 is 1.03 bits per heavy atom. The lowest BCUT2D eigenvalue weighted by Crippen LogP contribution is -2.07. The van der Waals surface area contributed by atoms with Crippen molar-refractivity contribution in [1.82, 2.24) is 15.0 Å². The quantitative estimate of drug-likeness (QED) is 0.354. The van der Waals surface area contributed by atoms with E-state index in [0.717, 1.165) is 10.9 Å². The minimum atomic E-state index is -0.571. The van der Waals surface area contributed by atoms with Crippen LogP contribution in [0.25, 0.3) is 10.9 Å². The number of hydrogen-bond acceptors (Lipinski definition) is 7. The number of rotatable bonds is 6. The highest BCUT2D eigenvalue weighted by Gasteiger charge is 2.25. The van der Waals surface area contributed by atoms with Crippen molar-refractivity contribution < 1.29 is 9.66 Å². The van der Waals surface area contributed by atoms with E-state index in [1.54, 1.807) is 36.5 Å². The Labute approximate surface area is 170 Å². The minimum Gasteiger partial charge on any atom is -0.431 e. The summed E-state index contributed by atoms with van der Waals surface area (Å²) in [5, 5.41) is 16.1. The summed E-state index contributed by atoms with van der Waals surface area (Å²) >= 11 is 5.88. The van der Waals surface area contributed by atoms with E-state index in [1.807, 2.05) is 24.3 Å². The van der Waals surface area contributed by atoms with Gasteiger partial charge in [0.05, 0.1) is 4.92 Å². The van der Waals surface area contributed by atoms with Gasteiger partial charge in [-0.25, -0.2) is 4.98 Å². The molecule has 0 bridgehead atoms. The topological polar surface area (TPSA) is 103 Å². The molecule has 0 amide bonds. The van der Waals surface area contributed by atoms with Crippen LogP contribution in [0.1, 0.15) is 5.56 Å². The number of nitro groups is 1. The second-order valence-corrected chi connectivity index (χ2v) is 6.48. The zero-order valence-corrected chi connectivity index (χ0v) is 15.7. The number of para-hydroxylation sites is 1. The molecule has 0 saturated carbocycles. The second kappa shape index (κ2) is 8.07. The predicted octanol–water partition coefficient (Wildman–Crippen LogP) is 4.99.